The number of phenols is 1. The number of aromatic nitrogens is 2. The van der Waals surface area contributed by atoms with Crippen molar-refractivity contribution in [3.8, 4) is 17.2 Å². The average Bonchev–Trinajstić information content (AvgIpc) is 2.78. The van der Waals surface area contributed by atoms with Crippen LogP contribution in [0.25, 0.3) is 11.5 Å². The van der Waals surface area contributed by atoms with Crippen LogP contribution >= 0.6 is 0 Å². The van der Waals surface area contributed by atoms with Gasteiger partial charge in [-0.05, 0) is 30.5 Å². The molecule has 2 aromatic rings. The van der Waals surface area contributed by atoms with Crippen LogP contribution in [0.15, 0.2) is 22.7 Å². The Kier molecular flexibility index (Phi) is 3.85. The highest BCUT2D eigenvalue weighted by atomic mass is 16.5. The lowest BCUT2D eigenvalue weighted by atomic mass is 10.1. The lowest BCUT2D eigenvalue weighted by molar-refractivity contribution is 0.0556. The van der Waals surface area contributed by atoms with Crippen LogP contribution in [0.2, 0.25) is 0 Å². The van der Waals surface area contributed by atoms with E-state index in [2.05, 4.69) is 10.1 Å². The van der Waals surface area contributed by atoms with Gasteiger partial charge in [-0.25, -0.2) is 0 Å². The van der Waals surface area contributed by atoms with Crippen LogP contribution < -0.4 is 0 Å². The number of aryl methyl sites for hydroxylation is 1. The van der Waals surface area contributed by atoms with Gasteiger partial charge < -0.3 is 14.4 Å². The van der Waals surface area contributed by atoms with E-state index in [0.29, 0.717) is 17.3 Å². The third-order valence-corrected chi connectivity index (χ3v) is 2.94. The Morgan fingerprint density at radius 3 is 2.63 bits per heavy atom. The zero-order valence-corrected chi connectivity index (χ0v) is 11.5. The molecule has 19 heavy (non-hydrogen) atoms. The van der Waals surface area contributed by atoms with Gasteiger partial charge in [-0.15, -0.1) is 0 Å². The number of hydrogen-bond acceptors (Lipinski definition) is 5. The highest BCUT2D eigenvalue weighted by Crippen LogP contribution is 2.30. The molecule has 1 N–H and O–H groups in total. The molecule has 0 fully saturated rings. The number of rotatable bonds is 4. The van der Waals surface area contributed by atoms with Gasteiger partial charge >= 0.3 is 0 Å². The second-order valence-electron chi connectivity index (χ2n) is 4.88. The molecule has 0 spiro atoms. The van der Waals surface area contributed by atoms with E-state index in [1.165, 1.54) is 0 Å². The first-order valence-electron chi connectivity index (χ1n) is 6.19. The monoisotopic (exact) mass is 262 g/mol. The van der Waals surface area contributed by atoms with Crippen LogP contribution in [0.3, 0.4) is 0 Å². The van der Waals surface area contributed by atoms with E-state index in [1.807, 2.05) is 26.8 Å². The molecule has 1 heterocycles. The van der Waals surface area contributed by atoms with Gasteiger partial charge in [-0.2, -0.15) is 4.98 Å². The largest absolute Gasteiger partial charge is 0.507 e. The maximum Gasteiger partial charge on any atom is 0.261 e. The molecule has 0 saturated heterocycles. The molecule has 5 heteroatoms. The van der Waals surface area contributed by atoms with Crippen molar-refractivity contribution in [2.24, 2.45) is 5.92 Å². The highest BCUT2D eigenvalue weighted by molar-refractivity contribution is 5.62. The fourth-order valence-electron chi connectivity index (χ4n) is 1.96. The van der Waals surface area contributed by atoms with Crippen LogP contribution in [0.1, 0.15) is 31.3 Å². The number of ether oxygens (including phenoxy) is 1. The van der Waals surface area contributed by atoms with Crippen LogP contribution in [0, 0.1) is 12.8 Å². The summed E-state index contributed by atoms with van der Waals surface area (Å²) in [6.45, 7) is 5.95. The molecule has 5 nitrogen and oxygen atoms in total. The van der Waals surface area contributed by atoms with E-state index >= 15 is 0 Å². The first-order valence-corrected chi connectivity index (χ1v) is 6.19. The molecule has 0 aliphatic rings. The fourth-order valence-corrected chi connectivity index (χ4v) is 1.96. The Hall–Kier alpha value is -1.88. The van der Waals surface area contributed by atoms with Gasteiger partial charge in [0.05, 0.1) is 5.56 Å². The van der Waals surface area contributed by atoms with Crippen molar-refractivity contribution < 1.29 is 14.4 Å². The van der Waals surface area contributed by atoms with Gasteiger partial charge in [0.15, 0.2) is 0 Å². The van der Waals surface area contributed by atoms with Crippen molar-refractivity contribution in [3.63, 3.8) is 0 Å². The van der Waals surface area contributed by atoms with E-state index in [9.17, 15) is 5.11 Å². The van der Waals surface area contributed by atoms with Crippen LogP contribution in [-0.4, -0.2) is 22.4 Å². The summed E-state index contributed by atoms with van der Waals surface area (Å²) < 4.78 is 10.6. The zero-order chi connectivity index (χ0) is 14.0. The van der Waals surface area contributed by atoms with E-state index in [0.717, 1.165) is 5.56 Å². The predicted octanol–water partition coefficient (Wildman–Crippen LogP) is 3.09. The molecule has 0 aliphatic heterocycles. The Morgan fingerprint density at radius 1 is 1.32 bits per heavy atom. The van der Waals surface area contributed by atoms with Gasteiger partial charge in [-0.1, -0.05) is 25.1 Å². The maximum atomic E-state index is 9.90. The molecule has 0 radical (unpaired) electrons. The maximum absolute atomic E-state index is 9.90. The molecule has 0 saturated carbocycles. The van der Waals surface area contributed by atoms with Crippen molar-refractivity contribution in [2.75, 3.05) is 7.11 Å². The standard InChI is InChI=1S/C14H18N2O3/c1-8(2)12(18-4)13-15-14(19-16-13)10-6-5-9(3)7-11(10)17/h5-8,12,17H,1-4H3. The Labute approximate surface area is 112 Å². The lowest BCUT2D eigenvalue weighted by Crippen LogP contribution is -2.10. The topological polar surface area (TPSA) is 68.4 Å². The third-order valence-electron chi connectivity index (χ3n) is 2.94. The average molecular weight is 262 g/mol. The van der Waals surface area contributed by atoms with Gasteiger partial charge in [0.25, 0.3) is 5.89 Å². The molecule has 1 aromatic heterocycles. The fraction of sp³-hybridized carbons (Fsp3) is 0.429. The van der Waals surface area contributed by atoms with Crippen LogP contribution in [0.5, 0.6) is 5.75 Å². The van der Waals surface area contributed by atoms with Gasteiger partial charge in [0.1, 0.15) is 11.9 Å². The second kappa shape index (κ2) is 5.40. The smallest absolute Gasteiger partial charge is 0.261 e. The predicted molar refractivity (Wildman–Crippen MR) is 70.7 cm³/mol. The van der Waals surface area contributed by atoms with Crippen LogP contribution in [-0.2, 0) is 4.74 Å². The zero-order valence-electron chi connectivity index (χ0n) is 11.5. The van der Waals surface area contributed by atoms with Crippen molar-refractivity contribution in [3.05, 3.63) is 29.6 Å². The van der Waals surface area contributed by atoms with Crippen LogP contribution in [0.4, 0.5) is 0 Å². The van der Waals surface area contributed by atoms with E-state index < -0.39 is 0 Å². The highest BCUT2D eigenvalue weighted by Gasteiger charge is 2.22. The Balaban J connectivity index is 2.35. The lowest BCUT2D eigenvalue weighted by Gasteiger charge is -2.14. The van der Waals surface area contributed by atoms with E-state index in [-0.39, 0.29) is 17.8 Å². The summed E-state index contributed by atoms with van der Waals surface area (Å²) >= 11 is 0. The quantitative estimate of drug-likeness (QED) is 0.917. The number of nitrogens with zero attached hydrogens (tertiary/aromatic N) is 2. The first kappa shape index (κ1) is 13.5. The summed E-state index contributed by atoms with van der Waals surface area (Å²) in [6.07, 6.45) is -0.218. The van der Waals surface area contributed by atoms with Crippen molar-refractivity contribution in [1.82, 2.24) is 10.1 Å². The number of benzene rings is 1. The van der Waals surface area contributed by atoms with Crippen molar-refractivity contribution >= 4 is 0 Å². The van der Waals surface area contributed by atoms with E-state index in [4.69, 9.17) is 9.26 Å². The molecule has 1 atom stereocenters. The minimum absolute atomic E-state index is 0.133. The summed E-state index contributed by atoms with van der Waals surface area (Å²) in [5.41, 5.74) is 1.50. The summed E-state index contributed by atoms with van der Waals surface area (Å²) in [5.74, 6) is 1.17. The summed E-state index contributed by atoms with van der Waals surface area (Å²) in [6, 6.07) is 5.31. The molecule has 1 unspecified atom stereocenters. The SMILES string of the molecule is COC(c1noc(-c2ccc(C)cc2O)n1)C(C)C. The molecule has 1 aromatic carbocycles. The number of hydrogen-bond donors (Lipinski definition) is 1. The van der Waals surface area contributed by atoms with E-state index in [1.54, 1.807) is 19.2 Å². The molecular formula is C14H18N2O3. The second-order valence-corrected chi connectivity index (χ2v) is 4.88. The molecule has 0 aliphatic carbocycles. The van der Waals surface area contributed by atoms with Gasteiger partial charge in [-0.3, -0.25) is 0 Å². The van der Waals surface area contributed by atoms with Gasteiger partial charge in [0.2, 0.25) is 5.82 Å². The molecule has 0 amide bonds. The van der Waals surface area contributed by atoms with Gasteiger partial charge in [0, 0.05) is 7.11 Å². The minimum Gasteiger partial charge on any atom is -0.507 e. The van der Waals surface area contributed by atoms with Crippen molar-refractivity contribution in [1.29, 1.82) is 0 Å². The molecule has 102 valence electrons. The Bertz CT molecular complexity index is 564. The minimum atomic E-state index is -0.218. The molecular weight excluding hydrogens is 244 g/mol. The third kappa shape index (κ3) is 2.76. The summed E-state index contributed by atoms with van der Waals surface area (Å²) in [4.78, 5) is 4.30. The number of aromatic hydroxyl groups is 1. The number of phenolic OH excluding ortho intramolecular Hbond substituents is 1. The first-order chi connectivity index (χ1) is 9.02. The normalized spacial score (nSPS) is 12.9. The Morgan fingerprint density at radius 2 is 2.05 bits per heavy atom. The molecule has 0 bridgehead atoms. The molecule has 2 rings (SSSR count). The number of methoxy groups -OCH3 is 1. The van der Waals surface area contributed by atoms with Crippen molar-refractivity contribution in [2.45, 2.75) is 26.9 Å². The summed E-state index contributed by atoms with van der Waals surface area (Å²) in [7, 11) is 1.62. The summed E-state index contributed by atoms with van der Waals surface area (Å²) in [5, 5.41) is 13.8.